The normalized spacial score (nSPS) is 22.7. The van der Waals surface area contributed by atoms with Gasteiger partial charge in [0.2, 0.25) is 0 Å². The van der Waals surface area contributed by atoms with Gasteiger partial charge in [0.05, 0.1) is 34.2 Å². The Labute approximate surface area is 188 Å². The summed E-state index contributed by atoms with van der Waals surface area (Å²) in [7, 11) is 0. The van der Waals surface area contributed by atoms with Crippen molar-refractivity contribution in [2.45, 2.75) is 6.42 Å². The van der Waals surface area contributed by atoms with Crippen LogP contribution < -0.4 is 0 Å². The fraction of sp³-hybridized carbons (Fsp3) is 0.304. The highest BCUT2D eigenvalue weighted by atomic mass is 16.6. The van der Waals surface area contributed by atoms with E-state index in [0.29, 0.717) is 0 Å². The van der Waals surface area contributed by atoms with E-state index in [1.807, 2.05) is 0 Å². The van der Waals surface area contributed by atoms with Crippen LogP contribution in [0.4, 0.5) is 11.4 Å². The van der Waals surface area contributed by atoms with E-state index in [-0.39, 0.29) is 59.4 Å². The molecule has 10 nitrogen and oxygen atoms in total. The summed E-state index contributed by atoms with van der Waals surface area (Å²) >= 11 is 0. The summed E-state index contributed by atoms with van der Waals surface area (Å²) in [4.78, 5) is 45.2. The largest absolute Gasteiger partial charge is 0.462 e. The van der Waals surface area contributed by atoms with Crippen molar-refractivity contribution in [1.82, 2.24) is 0 Å². The zero-order chi connectivity index (χ0) is 23.5. The van der Waals surface area contributed by atoms with Crippen LogP contribution in [-0.2, 0) is 9.47 Å². The van der Waals surface area contributed by atoms with E-state index in [4.69, 9.17) is 9.47 Å². The van der Waals surface area contributed by atoms with E-state index in [0.717, 1.165) is 6.42 Å². The third-order valence-corrected chi connectivity index (χ3v) is 6.24. The molecule has 0 heterocycles. The van der Waals surface area contributed by atoms with Gasteiger partial charge in [-0.05, 0) is 42.5 Å². The second-order valence-electron chi connectivity index (χ2n) is 8.08. The van der Waals surface area contributed by atoms with E-state index >= 15 is 0 Å². The summed E-state index contributed by atoms with van der Waals surface area (Å²) in [6.07, 6.45) is 5.06. The molecular weight excluding hydrogens is 432 g/mol. The molecule has 2 bridgehead atoms. The average molecular weight is 452 g/mol. The number of allylic oxidation sites excluding steroid dienone is 2. The summed E-state index contributed by atoms with van der Waals surface area (Å²) in [6, 6.07) is 10.4. The minimum atomic E-state index is -0.571. The van der Waals surface area contributed by atoms with Gasteiger partial charge in [-0.1, -0.05) is 12.2 Å². The quantitative estimate of drug-likeness (QED) is 0.254. The number of nitrogens with zero attached hydrogens (tertiary/aromatic N) is 2. The fourth-order valence-electron chi connectivity index (χ4n) is 4.47. The van der Waals surface area contributed by atoms with Gasteiger partial charge in [-0.15, -0.1) is 0 Å². The van der Waals surface area contributed by atoms with Crippen molar-refractivity contribution in [3.05, 3.63) is 92.0 Å². The lowest BCUT2D eigenvalue weighted by atomic mass is 9.84. The molecule has 2 aromatic rings. The van der Waals surface area contributed by atoms with E-state index in [9.17, 15) is 29.8 Å². The molecular formula is C23H20N2O8. The molecule has 1 fully saturated rings. The zero-order valence-corrected chi connectivity index (χ0v) is 17.4. The first-order valence-corrected chi connectivity index (χ1v) is 10.3. The van der Waals surface area contributed by atoms with Crippen molar-refractivity contribution in [3.8, 4) is 0 Å². The number of rotatable bonds is 8. The molecule has 1 saturated carbocycles. The zero-order valence-electron chi connectivity index (χ0n) is 17.4. The molecule has 33 heavy (non-hydrogen) atoms. The number of ether oxygens (including phenoxy) is 2. The second-order valence-corrected chi connectivity index (χ2v) is 8.08. The van der Waals surface area contributed by atoms with Crippen molar-refractivity contribution in [1.29, 1.82) is 0 Å². The van der Waals surface area contributed by atoms with E-state index < -0.39 is 21.8 Å². The van der Waals surface area contributed by atoms with Crippen molar-refractivity contribution < 1.29 is 28.9 Å². The molecule has 4 atom stereocenters. The van der Waals surface area contributed by atoms with Crippen LogP contribution in [-0.4, -0.2) is 35.0 Å². The Bertz CT molecular complexity index is 1020. The molecule has 0 saturated heterocycles. The molecule has 2 aliphatic carbocycles. The molecule has 0 aliphatic heterocycles. The van der Waals surface area contributed by atoms with Crippen LogP contribution in [0.1, 0.15) is 27.1 Å². The molecule has 0 spiro atoms. The van der Waals surface area contributed by atoms with Gasteiger partial charge in [0.25, 0.3) is 11.4 Å². The summed E-state index contributed by atoms with van der Waals surface area (Å²) in [5.41, 5.74) is 0.222. The minimum Gasteiger partial charge on any atom is -0.462 e. The highest BCUT2D eigenvalue weighted by Gasteiger charge is 2.45. The van der Waals surface area contributed by atoms with Crippen molar-refractivity contribution in [3.63, 3.8) is 0 Å². The Morgan fingerprint density at radius 2 is 1.09 bits per heavy atom. The van der Waals surface area contributed by atoms with Crippen molar-refractivity contribution in [2.75, 3.05) is 13.2 Å². The van der Waals surface area contributed by atoms with E-state index in [1.54, 1.807) is 0 Å². The number of non-ortho nitro benzene ring substituents is 2. The lowest BCUT2D eigenvalue weighted by Gasteiger charge is -2.27. The fourth-order valence-corrected chi connectivity index (χ4v) is 4.47. The molecule has 4 rings (SSSR count). The number of esters is 2. The van der Waals surface area contributed by atoms with Crippen LogP contribution >= 0.6 is 0 Å². The van der Waals surface area contributed by atoms with Crippen LogP contribution in [0, 0.1) is 43.9 Å². The molecule has 170 valence electrons. The first-order chi connectivity index (χ1) is 15.8. The Kier molecular flexibility index (Phi) is 6.16. The average Bonchev–Trinajstić information content (AvgIpc) is 3.43. The maximum atomic E-state index is 12.4. The Balaban J connectivity index is 1.34. The van der Waals surface area contributed by atoms with Crippen LogP contribution in [0.2, 0.25) is 0 Å². The Morgan fingerprint density at radius 3 is 1.42 bits per heavy atom. The van der Waals surface area contributed by atoms with Crippen LogP contribution in [0.15, 0.2) is 60.7 Å². The van der Waals surface area contributed by atoms with E-state index in [2.05, 4.69) is 12.2 Å². The van der Waals surface area contributed by atoms with Gasteiger partial charge in [0, 0.05) is 36.1 Å². The number of hydrogen-bond donors (Lipinski definition) is 0. The Morgan fingerprint density at radius 1 is 0.727 bits per heavy atom. The van der Waals surface area contributed by atoms with Crippen LogP contribution in [0.5, 0.6) is 0 Å². The van der Waals surface area contributed by atoms with Gasteiger partial charge in [-0.25, -0.2) is 9.59 Å². The van der Waals surface area contributed by atoms with Gasteiger partial charge in [-0.3, -0.25) is 20.2 Å². The molecule has 2 aromatic carbocycles. The maximum Gasteiger partial charge on any atom is 0.338 e. The molecule has 0 amide bonds. The summed E-state index contributed by atoms with van der Waals surface area (Å²) in [5, 5.41) is 21.5. The third kappa shape index (κ3) is 4.74. The smallest absolute Gasteiger partial charge is 0.338 e. The Hall–Kier alpha value is -4.08. The monoisotopic (exact) mass is 452 g/mol. The number of hydrogen-bond acceptors (Lipinski definition) is 8. The molecule has 2 aliphatic rings. The summed E-state index contributed by atoms with van der Waals surface area (Å²) < 4.78 is 11.0. The molecule has 0 unspecified atom stereocenters. The molecule has 0 radical (unpaired) electrons. The van der Waals surface area contributed by atoms with Gasteiger partial charge in [-0.2, -0.15) is 0 Å². The van der Waals surface area contributed by atoms with Gasteiger partial charge < -0.3 is 9.47 Å². The first-order valence-electron chi connectivity index (χ1n) is 10.3. The van der Waals surface area contributed by atoms with Gasteiger partial charge in [0.1, 0.15) is 0 Å². The summed E-state index contributed by atoms with van der Waals surface area (Å²) in [5.74, 6) is -0.764. The maximum absolute atomic E-state index is 12.4. The highest BCUT2D eigenvalue weighted by molar-refractivity contribution is 5.90. The highest BCUT2D eigenvalue weighted by Crippen LogP contribution is 2.48. The van der Waals surface area contributed by atoms with Crippen molar-refractivity contribution in [2.24, 2.45) is 23.7 Å². The minimum absolute atomic E-state index is 0.0216. The number of fused-ring (bicyclic) bond motifs is 2. The SMILES string of the molecule is O=C(OC[C@@H]1[C@@H](COC(=O)c2ccc([N+](=O)[O-])cc2)[C@H]2C=C[C@@H]1C2)c1ccc([N+](=O)[O-])cc1. The third-order valence-electron chi connectivity index (χ3n) is 6.24. The molecule has 0 N–H and O–H groups in total. The standard InChI is InChI=1S/C23H20N2O8/c26-22(14-3-7-18(8-4-14)24(28)29)32-12-20-16-1-2-17(11-16)21(20)13-33-23(27)15-5-9-19(10-6-15)25(30)31/h1-10,16-17,20-21H,11-13H2/t16-,17+,20-,21-/m0/s1. The van der Waals surface area contributed by atoms with Crippen LogP contribution in [0.3, 0.4) is 0 Å². The molecule has 10 heteroatoms. The molecule has 0 aromatic heterocycles. The number of carbonyl (C=O) groups is 2. The number of carbonyl (C=O) groups excluding carboxylic acids is 2. The lowest BCUT2D eigenvalue weighted by Crippen LogP contribution is -2.30. The van der Waals surface area contributed by atoms with E-state index in [1.165, 1.54) is 48.5 Å². The summed E-state index contributed by atoms with van der Waals surface area (Å²) in [6.45, 7) is 0.280. The number of nitro benzene ring substituents is 2. The van der Waals surface area contributed by atoms with Gasteiger partial charge >= 0.3 is 11.9 Å². The van der Waals surface area contributed by atoms with Crippen molar-refractivity contribution >= 4 is 23.3 Å². The topological polar surface area (TPSA) is 139 Å². The van der Waals surface area contributed by atoms with Gasteiger partial charge in [0.15, 0.2) is 0 Å². The number of benzene rings is 2. The number of nitro groups is 2. The predicted molar refractivity (Wildman–Crippen MR) is 114 cm³/mol. The second kappa shape index (κ2) is 9.19. The first kappa shape index (κ1) is 22.1. The van der Waals surface area contributed by atoms with Crippen LogP contribution in [0.25, 0.3) is 0 Å². The predicted octanol–water partition coefficient (Wildman–Crippen LogP) is 3.96. The lowest BCUT2D eigenvalue weighted by molar-refractivity contribution is -0.385.